The minimum Gasteiger partial charge on any atom is -0.463 e. The van der Waals surface area contributed by atoms with Crippen LogP contribution in [0, 0.1) is 0 Å². The summed E-state index contributed by atoms with van der Waals surface area (Å²) < 4.78 is 61.1. The molecule has 0 heterocycles. The van der Waals surface area contributed by atoms with Crippen molar-refractivity contribution in [3.8, 4) is 0 Å². The Balaban J connectivity index is 4.53. The van der Waals surface area contributed by atoms with E-state index in [1.165, 1.54) is 57.8 Å². The summed E-state index contributed by atoms with van der Waals surface area (Å²) in [6.45, 7) is 2.41. The number of phosphoric ester groups is 2. The molecule has 0 spiro atoms. The van der Waals surface area contributed by atoms with Crippen molar-refractivity contribution in [1.82, 2.24) is 0 Å². The second kappa shape index (κ2) is 75.1. The first-order valence-electron chi connectivity index (χ1n) is 39.1. The molecule has 0 aliphatic rings. The molecule has 0 rings (SSSR count). The number of carbonyl (C=O) groups excluding carboxylic acids is 3. The van der Waals surface area contributed by atoms with Gasteiger partial charge in [0.1, 0.15) is 25.4 Å². The summed E-state index contributed by atoms with van der Waals surface area (Å²) in [5, 5.41) is 20.6. The SMILES string of the molecule is CC/C=C\C/C=C\C/C=C\C/C=C\C/C=C\C/C=C\CCCCCCCCCCCCC(=O)OCC(O)COP(=O)(O)OCC(O)COP(=O)(O)OCC(COC(=O)CCCCCCCCC/C=C\C/C=C\C/C=C\C/C=C\C/C=C\CC)OC(=O)CCCCCCC/C=C\CCCCCC. The molecule has 0 aromatic heterocycles. The van der Waals surface area contributed by atoms with E-state index in [1.54, 1.807) is 0 Å². The number of allylic oxidation sites excluding steroid dienone is 24. The summed E-state index contributed by atoms with van der Waals surface area (Å²) in [6.07, 6.45) is 91.8. The second-order valence-electron chi connectivity index (χ2n) is 25.7. The molecule has 578 valence electrons. The Labute approximate surface area is 613 Å². The van der Waals surface area contributed by atoms with Crippen LogP contribution in [0.25, 0.3) is 0 Å². The van der Waals surface area contributed by atoms with Crippen molar-refractivity contribution in [1.29, 1.82) is 0 Å². The fraction of sp³-hybridized carbons (Fsp3) is 0.675. The van der Waals surface area contributed by atoms with Gasteiger partial charge in [-0.2, -0.15) is 0 Å². The Morgan fingerprint density at radius 1 is 0.287 bits per heavy atom. The maximum Gasteiger partial charge on any atom is 0.472 e. The van der Waals surface area contributed by atoms with Crippen LogP contribution in [0.3, 0.4) is 0 Å². The van der Waals surface area contributed by atoms with E-state index in [2.05, 4.69) is 167 Å². The summed E-state index contributed by atoms with van der Waals surface area (Å²) >= 11 is 0. The number of hydrogen-bond donors (Lipinski definition) is 4. The number of phosphoric acid groups is 2. The van der Waals surface area contributed by atoms with Gasteiger partial charge in [-0.05, 0) is 141 Å². The molecule has 0 saturated carbocycles. The maximum absolute atomic E-state index is 12.9. The predicted molar refractivity (Wildman–Crippen MR) is 417 cm³/mol. The third-order valence-corrected chi connectivity index (χ3v) is 17.9. The molecular weight excluding hydrogens is 1310 g/mol. The number of ether oxygens (including phenoxy) is 3. The van der Waals surface area contributed by atoms with E-state index >= 15 is 0 Å². The monoisotopic (exact) mass is 1450 g/mol. The fourth-order valence-corrected chi connectivity index (χ4v) is 11.7. The zero-order valence-corrected chi connectivity index (χ0v) is 64.8. The zero-order valence-electron chi connectivity index (χ0n) is 63.0. The second-order valence-corrected chi connectivity index (χ2v) is 28.7. The first kappa shape index (κ1) is 96.4. The van der Waals surface area contributed by atoms with Gasteiger partial charge in [0.25, 0.3) is 0 Å². The van der Waals surface area contributed by atoms with Crippen LogP contribution >= 0.6 is 15.6 Å². The third kappa shape index (κ3) is 76.4. The maximum atomic E-state index is 12.9. The average Bonchev–Trinajstić information content (AvgIpc) is 0.933. The van der Waals surface area contributed by atoms with E-state index in [1.807, 2.05) is 0 Å². The first-order valence-corrected chi connectivity index (χ1v) is 42.1. The normalized spacial score (nSPS) is 14.8. The van der Waals surface area contributed by atoms with Gasteiger partial charge in [0.2, 0.25) is 0 Å². The summed E-state index contributed by atoms with van der Waals surface area (Å²) in [5.74, 6) is -1.60. The molecule has 16 nitrogen and oxygen atoms in total. The Morgan fingerprint density at radius 3 is 0.842 bits per heavy atom. The molecule has 4 N–H and O–H groups in total. The number of aliphatic hydroxyl groups is 2. The topological polar surface area (TPSA) is 231 Å². The smallest absolute Gasteiger partial charge is 0.463 e. The average molecular weight is 1460 g/mol. The Bertz CT molecular complexity index is 2420. The van der Waals surface area contributed by atoms with E-state index in [0.29, 0.717) is 19.3 Å². The van der Waals surface area contributed by atoms with Crippen molar-refractivity contribution < 1.29 is 75.8 Å². The van der Waals surface area contributed by atoms with Gasteiger partial charge in [0.05, 0.1) is 26.4 Å². The predicted octanol–water partition coefficient (Wildman–Crippen LogP) is 22.9. The van der Waals surface area contributed by atoms with Gasteiger partial charge in [0.15, 0.2) is 6.10 Å². The molecule has 0 aliphatic carbocycles. The van der Waals surface area contributed by atoms with Crippen LogP contribution < -0.4 is 0 Å². The van der Waals surface area contributed by atoms with Crippen LogP contribution in [-0.2, 0) is 55.8 Å². The van der Waals surface area contributed by atoms with Crippen molar-refractivity contribution in [2.24, 2.45) is 0 Å². The van der Waals surface area contributed by atoms with Crippen molar-refractivity contribution in [2.75, 3.05) is 39.6 Å². The molecular formula is C83H140O16P2. The molecule has 0 saturated heterocycles. The minimum atomic E-state index is -4.94. The van der Waals surface area contributed by atoms with Crippen LogP contribution in [0.2, 0.25) is 0 Å². The fourth-order valence-electron chi connectivity index (χ4n) is 10.1. The Kier molecular flexibility index (Phi) is 71.7. The molecule has 0 radical (unpaired) electrons. The van der Waals surface area contributed by atoms with Crippen LogP contribution in [-0.4, -0.2) is 95.9 Å². The van der Waals surface area contributed by atoms with Gasteiger partial charge in [0, 0.05) is 19.3 Å². The van der Waals surface area contributed by atoms with Crippen LogP contribution in [0.5, 0.6) is 0 Å². The van der Waals surface area contributed by atoms with Crippen molar-refractivity contribution in [2.45, 2.75) is 322 Å². The lowest BCUT2D eigenvalue weighted by molar-refractivity contribution is -0.161. The number of esters is 3. The standard InChI is InChI=1S/C83H140O16P2/c1-4-7-10-13-16-19-22-25-27-29-31-33-35-36-37-38-39-40-42-44-45-47-49-52-54-57-60-63-66-69-81(86)93-72-78(84)73-95-100(89,90)96-74-79(85)75-97-101(91,92)98-77-80(99-83(88)71-68-65-62-59-56-51-24-21-18-15-12-9-6-3)76-94-82(87)70-67-64-61-58-55-53-50-48-46-43-41-34-32-30-28-26-23-20-17-14-11-8-5-2/h7-8,10-11,16-17,19-21,24-28,31-34,36-37,39-40,43,46,78-80,84-85H,4-6,9,12-15,18,22-23,29-30,35,38,41-42,44-45,47-77H2,1-3H3,(H,89,90)(H,91,92)/b10-7-,11-8-,19-16-,20-17-,24-21-,27-25-,28-26-,33-31-,34-32-,37-36-,40-39-,46-43-. The quantitative estimate of drug-likeness (QED) is 0.0146. The van der Waals surface area contributed by atoms with Gasteiger partial charge >= 0.3 is 33.6 Å². The molecule has 5 atom stereocenters. The van der Waals surface area contributed by atoms with E-state index in [9.17, 15) is 43.5 Å². The van der Waals surface area contributed by atoms with Gasteiger partial charge in [-0.25, -0.2) is 9.13 Å². The van der Waals surface area contributed by atoms with Gasteiger partial charge in [-0.3, -0.25) is 32.5 Å². The van der Waals surface area contributed by atoms with E-state index < -0.39 is 91.5 Å². The summed E-state index contributed by atoms with van der Waals surface area (Å²) in [7, 11) is -9.80. The van der Waals surface area contributed by atoms with E-state index in [-0.39, 0.29) is 19.3 Å². The van der Waals surface area contributed by atoms with E-state index in [0.717, 1.165) is 186 Å². The van der Waals surface area contributed by atoms with Gasteiger partial charge < -0.3 is 34.2 Å². The van der Waals surface area contributed by atoms with E-state index in [4.69, 9.17) is 32.3 Å². The number of aliphatic hydroxyl groups excluding tert-OH is 2. The highest BCUT2D eigenvalue weighted by molar-refractivity contribution is 7.47. The number of carbonyl (C=O) groups is 3. The molecule has 0 aromatic carbocycles. The largest absolute Gasteiger partial charge is 0.472 e. The first-order chi connectivity index (χ1) is 49.2. The number of hydrogen-bond acceptors (Lipinski definition) is 14. The van der Waals surface area contributed by atoms with Crippen LogP contribution in [0.1, 0.15) is 303 Å². The molecule has 101 heavy (non-hydrogen) atoms. The number of unbranched alkanes of at least 4 members (excludes halogenated alkanes) is 26. The molecule has 5 unspecified atom stereocenters. The lowest BCUT2D eigenvalue weighted by atomic mass is 10.1. The highest BCUT2D eigenvalue weighted by Crippen LogP contribution is 2.45. The molecule has 0 aliphatic heterocycles. The van der Waals surface area contributed by atoms with Crippen molar-refractivity contribution >= 4 is 33.6 Å². The lowest BCUT2D eigenvalue weighted by Gasteiger charge is -2.21. The van der Waals surface area contributed by atoms with Crippen LogP contribution in [0.4, 0.5) is 0 Å². The summed E-state index contributed by atoms with van der Waals surface area (Å²) in [5.41, 5.74) is 0. The summed E-state index contributed by atoms with van der Waals surface area (Å²) in [6, 6.07) is 0. The van der Waals surface area contributed by atoms with Crippen molar-refractivity contribution in [3.05, 3.63) is 146 Å². The van der Waals surface area contributed by atoms with Gasteiger partial charge in [-0.15, -0.1) is 0 Å². The zero-order chi connectivity index (χ0) is 73.7. The third-order valence-electron chi connectivity index (χ3n) is 16.0. The Hall–Kier alpha value is -4.57. The molecule has 0 aromatic rings. The molecule has 0 amide bonds. The number of rotatable bonds is 73. The highest BCUT2D eigenvalue weighted by Gasteiger charge is 2.29. The highest BCUT2D eigenvalue weighted by atomic mass is 31.2. The van der Waals surface area contributed by atoms with Gasteiger partial charge in [-0.1, -0.05) is 289 Å². The molecule has 18 heteroatoms. The minimum absolute atomic E-state index is 0.0889. The molecule has 0 bridgehead atoms. The van der Waals surface area contributed by atoms with Crippen LogP contribution in [0.15, 0.2) is 146 Å². The lowest BCUT2D eigenvalue weighted by Crippen LogP contribution is -2.30. The Morgan fingerprint density at radius 2 is 0.525 bits per heavy atom. The van der Waals surface area contributed by atoms with Crippen molar-refractivity contribution in [3.63, 3.8) is 0 Å². The summed E-state index contributed by atoms with van der Waals surface area (Å²) in [4.78, 5) is 58.6. The molecule has 0 fully saturated rings.